The van der Waals surface area contributed by atoms with E-state index in [4.69, 9.17) is 4.84 Å². The molecule has 2 heterocycles. The maximum absolute atomic E-state index is 11.2. The summed E-state index contributed by atoms with van der Waals surface area (Å²) in [4.78, 5) is 20.0. The lowest BCUT2D eigenvalue weighted by Gasteiger charge is -2.06. The Labute approximate surface area is 163 Å². The number of benzene rings is 1. The molecule has 0 fully saturated rings. The zero-order valence-electron chi connectivity index (χ0n) is 15.0. The van der Waals surface area contributed by atoms with Gasteiger partial charge in [0.15, 0.2) is 5.75 Å². The van der Waals surface area contributed by atoms with Crippen LogP contribution in [0, 0.1) is 21.4 Å². The van der Waals surface area contributed by atoms with Crippen LogP contribution in [0.4, 0.5) is 11.4 Å². The highest BCUT2D eigenvalue weighted by Gasteiger charge is 2.12. The molecule has 0 radical (unpaired) electrons. The molecule has 0 saturated heterocycles. The fraction of sp³-hybridized carbons (Fsp3) is 0.0588. The van der Waals surface area contributed by atoms with E-state index in [1.165, 1.54) is 24.4 Å². The lowest BCUT2D eigenvalue weighted by atomic mass is 10.2. The van der Waals surface area contributed by atoms with Gasteiger partial charge in [0, 0.05) is 42.0 Å². The predicted molar refractivity (Wildman–Crippen MR) is 102 cm³/mol. The first-order valence-corrected chi connectivity index (χ1v) is 8.09. The molecule has 2 aromatic heterocycles. The van der Waals surface area contributed by atoms with Gasteiger partial charge in [0.2, 0.25) is 5.82 Å². The number of tetrazole rings is 1. The van der Waals surface area contributed by atoms with E-state index in [9.17, 15) is 15.4 Å². The number of nitro groups is 1. The second-order valence-corrected chi connectivity index (χ2v) is 5.53. The summed E-state index contributed by atoms with van der Waals surface area (Å²) < 4.78 is 0. The van der Waals surface area contributed by atoms with Crippen molar-refractivity contribution in [2.45, 2.75) is 6.92 Å². The number of nitrogens with one attached hydrogen (secondary N) is 2. The summed E-state index contributed by atoms with van der Waals surface area (Å²) in [6.45, 7) is 1.72. The average molecular weight is 391 g/mol. The molecule has 0 aliphatic carbocycles. The van der Waals surface area contributed by atoms with E-state index in [2.05, 4.69) is 36.1 Å². The predicted octanol–water partition coefficient (Wildman–Crippen LogP) is 2.28. The number of non-ortho nitro benzene ring substituents is 1. The molecule has 0 aliphatic rings. The van der Waals surface area contributed by atoms with Crippen molar-refractivity contribution in [3.8, 4) is 11.8 Å². The Morgan fingerprint density at radius 3 is 2.97 bits per heavy atom. The third-order valence-corrected chi connectivity index (χ3v) is 3.56. The highest BCUT2D eigenvalue weighted by atomic mass is 16.6. The number of oxime groups is 1. The summed E-state index contributed by atoms with van der Waals surface area (Å²) in [6, 6.07) is 9.48. The molecule has 2 N–H and O–H groups in total. The van der Waals surface area contributed by atoms with Gasteiger partial charge in [-0.05, 0) is 24.3 Å². The molecule has 0 aliphatic heterocycles. The SMILES string of the molecule is CC(=NOc1cc(NC=C(C#N)c2nn[nH]n2)cc([N+](=O)[O-])c1)c1cccnc1. The molecule has 3 rings (SSSR count). The highest BCUT2D eigenvalue weighted by Crippen LogP contribution is 2.27. The molecule has 12 nitrogen and oxygen atoms in total. The van der Waals surface area contributed by atoms with Gasteiger partial charge in [-0.2, -0.15) is 10.5 Å². The molecule has 3 aromatic rings. The van der Waals surface area contributed by atoms with Crippen LogP contribution < -0.4 is 10.2 Å². The van der Waals surface area contributed by atoms with Gasteiger partial charge in [-0.25, -0.2) is 0 Å². The molecule has 29 heavy (non-hydrogen) atoms. The molecular formula is C17H13N9O3. The number of aromatic nitrogens is 5. The highest BCUT2D eigenvalue weighted by molar-refractivity contribution is 5.98. The van der Waals surface area contributed by atoms with E-state index in [1.807, 2.05) is 12.1 Å². The number of rotatable bonds is 7. The second-order valence-electron chi connectivity index (χ2n) is 5.53. The van der Waals surface area contributed by atoms with Crippen molar-refractivity contribution in [3.05, 3.63) is 70.4 Å². The number of hydrogen-bond acceptors (Lipinski definition) is 10. The van der Waals surface area contributed by atoms with E-state index >= 15 is 0 Å². The summed E-state index contributed by atoms with van der Waals surface area (Å²) in [5.74, 6) is 0.218. The zero-order valence-corrected chi connectivity index (χ0v) is 15.0. The lowest BCUT2D eigenvalue weighted by Crippen LogP contribution is -1.99. The van der Waals surface area contributed by atoms with Gasteiger partial charge in [-0.1, -0.05) is 5.16 Å². The van der Waals surface area contributed by atoms with Gasteiger partial charge in [0.1, 0.15) is 11.6 Å². The normalized spacial score (nSPS) is 11.6. The number of allylic oxidation sites excluding steroid dienone is 1. The van der Waals surface area contributed by atoms with Gasteiger partial charge in [0.25, 0.3) is 5.69 Å². The first-order chi connectivity index (χ1) is 14.1. The fourth-order valence-electron chi connectivity index (χ4n) is 2.15. The molecule has 12 heteroatoms. The minimum absolute atomic E-state index is 0.0816. The van der Waals surface area contributed by atoms with Crippen LogP contribution in [0.3, 0.4) is 0 Å². The molecule has 0 atom stereocenters. The van der Waals surface area contributed by atoms with Gasteiger partial charge >= 0.3 is 0 Å². The summed E-state index contributed by atoms with van der Waals surface area (Å²) in [6.07, 6.45) is 4.56. The first kappa shape index (κ1) is 19.1. The van der Waals surface area contributed by atoms with Crippen LogP contribution in [0.25, 0.3) is 5.57 Å². The van der Waals surface area contributed by atoms with Crippen LogP contribution in [0.15, 0.2) is 54.1 Å². The number of pyridine rings is 1. The van der Waals surface area contributed by atoms with Crippen molar-refractivity contribution in [2.75, 3.05) is 5.32 Å². The first-order valence-electron chi connectivity index (χ1n) is 8.09. The molecule has 144 valence electrons. The lowest BCUT2D eigenvalue weighted by molar-refractivity contribution is -0.384. The number of aromatic amines is 1. The largest absolute Gasteiger partial charge is 0.360 e. The van der Waals surface area contributed by atoms with Gasteiger partial charge in [-0.3, -0.25) is 15.1 Å². The molecule has 0 saturated carbocycles. The van der Waals surface area contributed by atoms with Crippen LogP contribution >= 0.6 is 0 Å². The van der Waals surface area contributed by atoms with E-state index < -0.39 is 4.92 Å². The second kappa shape index (κ2) is 8.82. The van der Waals surface area contributed by atoms with Crippen molar-refractivity contribution in [3.63, 3.8) is 0 Å². The molecule has 0 unspecified atom stereocenters. The Morgan fingerprint density at radius 2 is 2.31 bits per heavy atom. The number of anilines is 1. The number of nitro benzene ring substituents is 1. The summed E-state index contributed by atoms with van der Waals surface area (Å²) in [5, 5.41) is 40.2. The van der Waals surface area contributed by atoms with Crippen LogP contribution in [0.5, 0.6) is 5.75 Å². The standard InChI is InChI=1S/C17H13N9O3/c1-11(12-3-2-4-19-9-12)23-29-16-6-14(5-15(7-16)26(27)28)20-10-13(8-18)17-21-24-25-22-17/h2-7,9-10,20H,1H3,(H,21,22,24,25). The molecule has 0 amide bonds. The Balaban J connectivity index is 1.84. The van der Waals surface area contributed by atoms with Gasteiger partial charge in [0.05, 0.1) is 16.7 Å². The van der Waals surface area contributed by atoms with Crippen LogP contribution in [-0.2, 0) is 0 Å². The molecule has 0 bridgehead atoms. The van der Waals surface area contributed by atoms with E-state index in [0.29, 0.717) is 11.4 Å². The topological polar surface area (TPSA) is 168 Å². The number of nitriles is 1. The van der Waals surface area contributed by atoms with Gasteiger partial charge < -0.3 is 10.2 Å². The van der Waals surface area contributed by atoms with E-state index in [0.717, 1.165) is 5.56 Å². The van der Waals surface area contributed by atoms with Crippen molar-refractivity contribution in [1.82, 2.24) is 25.6 Å². The third kappa shape index (κ3) is 4.95. The van der Waals surface area contributed by atoms with Crippen LogP contribution in [-0.4, -0.2) is 36.2 Å². The number of H-pyrrole nitrogens is 1. The zero-order chi connectivity index (χ0) is 20.6. The molecule has 0 spiro atoms. The minimum Gasteiger partial charge on any atom is -0.360 e. The smallest absolute Gasteiger partial charge is 0.275 e. The van der Waals surface area contributed by atoms with E-state index in [1.54, 1.807) is 25.4 Å². The Hall–Kier alpha value is -4.66. The van der Waals surface area contributed by atoms with Crippen LogP contribution in [0.1, 0.15) is 18.3 Å². The van der Waals surface area contributed by atoms with E-state index in [-0.39, 0.29) is 22.8 Å². The van der Waals surface area contributed by atoms with Gasteiger partial charge in [-0.15, -0.1) is 10.2 Å². The fourth-order valence-corrected chi connectivity index (χ4v) is 2.15. The van der Waals surface area contributed by atoms with Crippen LogP contribution in [0.2, 0.25) is 0 Å². The maximum atomic E-state index is 11.2. The number of nitrogens with zero attached hydrogens (tertiary/aromatic N) is 7. The minimum atomic E-state index is -0.566. The summed E-state index contributed by atoms with van der Waals surface area (Å²) in [5.41, 5.74) is 1.46. The summed E-state index contributed by atoms with van der Waals surface area (Å²) in [7, 11) is 0. The Kier molecular flexibility index (Phi) is 5.81. The van der Waals surface area contributed by atoms with Crippen molar-refractivity contribution in [2.24, 2.45) is 5.16 Å². The third-order valence-electron chi connectivity index (χ3n) is 3.56. The monoisotopic (exact) mass is 391 g/mol. The Bertz CT molecular complexity index is 1100. The quantitative estimate of drug-likeness (QED) is 0.265. The van der Waals surface area contributed by atoms with Crippen molar-refractivity contribution in [1.29, 1.82) is 5.26 Å². The Morgan fingerprint density at radius 1 is 1.45 bits per heavy atom. The number of hydrogen-bond donors (Lipinski definition) is 2. The molecular weight excluding hydrogens is 378 g/mol. The maximum Gasteiger partial charge on any atom is 0.275 e. The summed E-state index contributed by atoms with van der Waals surface area (Å²) >= 11 is 0. The average Bonchev–Trinajstić information content (AvgIpc) is 3.27. The van der Waals surface area contributed by atoms with Crippen molar-refractivity contribution < 1.29 is 9.76 Å². The molecule has 1 aromatic carbocycles. The van der Waals surface area contributed by atoms with Crippen molar-refractivity contribution >= 4 is 22.7 Å².